The molecule has 0 aliphatic carbocycles. The fourth-order valence-electron chi connectivity index (χ4n) is 2.22. The second kappa shape index (κ2) is 9.43. The maximum absolute atomic E-state index is 11.9. The zero-order valence-electron chi connectivity index (χ0n) is 12.0. The quantitative estimate of drug-likeness (QED) is 0.660. The molecule has 0 fully saturated rings. The second-order valence-electron chi connectivity index (χ2n) is 5.07. The third-order valence-electron chi connectivity index (χ3n) is 3.07. The highest BCUT2D eigenvalue weighted by atomic mass is 79.9. The number of hydrogen-bond acceptors (Lipinski definition) is 2. The van der Waals surface area contributed by atoms with E-state index in [0.29, 0.717) is 12.3 Å². The summed E-state index contributed by atoms with van der Waals surface area (Å²) in [5.74, 6) is 0.388. The molecule has 1 rings (SSSR count). The summed E-state index contributed by atoms with van der Waals surface area (Å²) in [5, 5.41) is 3.14. The van der Waals surface area contributed by atoms with Gasteiger partial charge in [-0.05, 0) is 56.5 Å². The van der Waals surface area contributed by atoms with E-state index >= 15 is 0 Å². The summed E-state index contributed by atoms with van der Waals surface area (Å²) in [6, 6.07) is 8.10. The van der Waals surface area contributed by atoms with Gasteiger partial charge in [-0.25, -0.2) is 0 Å². The van der Waals surface area contributed by atoms with Crippen molar-refractivity contribution >= 4 is 15.9 Å². The Morgan fingerprint density at radius 2 is 2.10 bits per heavy atom. The summed E-state index contributed by atoms with van der Waals surface area (Å²) in [6.07, 6.45) is -1.86. The molecule has 0 saturated heterocycles. The van der Waals surface area contributed by atoms with Crippen LogP contribution < -0.4 is 5.32 Å². The Morgan fingerprint density at radius 3 is 2.71 bits per heavy atom. The van der Waals surface area contributed by atoms with Crippen LogP contribution in [-0.2, 0) is 11.2 Å². The number of nitrogens with one attached hydrogen (secondary N) is 1. The molecule has 0 aromatic heterocycles. The Hall–Kier alpha value is -0.590. The SMILES string of the molecule is CNCC(CCCOCC(F)(F)F)Cc1cccc(Br)c1. The lowest BCUT2D eigenvalue weighted by Crippen LogP contribution is -2.22. The van der Waals surface area contributed by atoms with Crippen molar-refractivity contribution in [2.75, 3.05) is 26.8 Å². The van der Waals surface area contributed by atoms with Gasteiger partial charge < -0.3 is 10.1 Å². The minimum absolute atomic E-state index is 0.151. The summed E-state index contributed by atoms with van der Waals surface area (Å²) in [4.78, 5) is 0. The molecule has 2 nitrogen and oxygen atoms in total. The summed E-state index contributed by atoms with van der Waals surface area (Å²) < 4.78 is 41.5. The first-order valence-corrected chi connectivity index (χ1v) is 7.73. The number of ether oxygens (including phenoxy) is 1. The molecule has 0 aliphatic heterocycles. The lowest BCUT2D eigenvalue weighted by atomic mass is 9.95. The highest BCUT2D eigenvalue weighted by Crippen LogP contribution is 2.18. The van der Waals surface area contributed by atoms with Crippen molar-refractivity contribution in [2.45, 2.75) is 25.4 Å². The van der Waals surface area contributed by atoms with E-state index in [4.69, 9.17) is 0 Å². The normalized spacial score (nSPS) is 13.4. The maximum atomic E-state index is 11.9. The molecule has 1 aromatic carbocycles. The molecular formula is C15H21BrF3NO. The van der Waals surface area contributed by atoms with Crippen LogP contribution in [0.2, 0.25) is 0 Å². The summed E-state index contributed by atoms with van der Waals surface area (Å²) in [7, 11) is 1.88. The number of alkyl halides is 3. The van der Waals surface area contributed by atoms with Gasteiger partial charge in [0.05, 0.1) is 0 Å². The average Bonchev–Trinajstić information content (AvgIpc) is 2.37. The molecule has 1 unspecified atom stereocenters. The minimum atomic E-state index is -4.24. The van der Waals surface area contributed by atoms with Gasteiger partial charge in [-0.3, -0.25) is 0 Å². The largest absolute Gasteiger partial charge is 0.411 e. The highest BCUT2D eigenvalue weighted by Gasteiger charge is 2.27. The van der Waals surface area contributed by atoms with E-state index in [1.807, 2.05) is 19.2 Å². The van der Waals surface area contributed by atoms with Crippen molar-refractivity contribution in [3.8, 4) is 0 Å². The number of hydrogen-bond donors (Lipinski definition) is 1. The van der Waals surface area contributed by atoms with Crippen molar-refractivity contribution in [1.29, 1.82) is 0 Å². The van der Waals surface area contributed by atoms with Crippen molar-refractivity contribution in [1.82, 2.24) is 5.32 Å². The van der Waals surface area contributed by atoms with E-state index in [-0.39, 0.29) is 6.61 Å². The first-order valence-electron chi connectivity index (χ1n) is 6.94. The molecular weight excluding hydrogens is 347 g/mol. The van der Waals surface area contributed by atoms with E-state index in [1.165, 1.54) is 5.56 Å². The summed E-state index contributed by atoms with van der Waals surface area (Å²) >= 11 is 3.44. The fourth-order valence-corrected chi connectivity index (χ4v) is 2.67. The van der Waals surface area contributed by atoms with E-state index < -0.39 is 12.8 Å². The van der Waals surface area contributed by atoms with Gasteiger partial charge in [0.25, 0.3) is 0 Å². The van der Waals surface area contributed by atoms with Crippen LogP contribution in [0, 0.1) is 5.92 Å². The first-order chi connectivity index (χ1) is 9.90. The standard InChI is InChI=1S/C15H21BrF3NO/c1-20-10-13(5-3-7-21-11-15(17,18)19)8-12-4-2-6-14(16)9-12/h2,4,6,9,13,20H,3,5,7-8,10-11H2,1H3. The molecule has 0 saturated carbocycles. The van der Waals surface area contributed by atoms with Crippen LogP contribution >= 0.6 is 15.9 Å². The summed E-state index contributed by atoms with van der Waals surface area (Å²) in [5.41, 5.74) is 1.22. The van der Waals surface area contributed by atoms with Gasteiger partial charge in [0.2, 0.25) is 0 Å². The van der Waals surface area contributed by atoms with E-state index in [2.05, 4.69) is 38.1 Å². The Labute approximate surface area is 132 Å². The zero-order chi connectivity index (χ0) is 15.7. The third kappa shape index (κ3) is 9.11. The highest BCUT2D eigenvalue weighted by molar-refractivity contribution is 9.10. The molecule has 21 heavy (non-hydrogen) atoms. The van der Waals surface area contributed by atoms with Gasteiger partial charge in [-0.2, -0.15) is 13.2 Å². The zero-order valence-corrected chi connectivity index (χ0v) is 13.6. The third-order valence-corrected chi connectivity index (χ3v) is 3.57. The number of benzene rings is 1. The van der Waals surface area contributed by atoms with Gasteiger partial charge in [0, 0.05) is 11.1 Å². The van der Waals surface area contributed by atoms with Crippen LogP contribution in [0.4, 0.5) is 13.2 Å². The van der Waals surface area contributed by atoms with Crippen LogP contribution in [0.3, 0.4) is 0 Å². The molecule has 0 heterocycles. The lowest BCUT2D eigenvalue weighted by Gasteiger charge is -2.17. The van der Waals surface area contributed by atoms with Crippen molar-refractivity contribution in [2.24, 2.45) is 5.92 Å². The van der Waals surface area contributed by atoms with Crippen LogP contribution in [0.15, 0.2) is 28.7 Å². The van der Waals surface area contributed by atoms with Crippen LogP contribution in [0.5, 0.6) is 0 Å². The predicted octanol–water partition coefficient (Wildman–Crippen LogP) is 4.19. The van der Waals surface area contributed by atoms with Crippen LogP contribution in [-0.4, -0.2) is 33.0 Å². The summed E-state index contributed by atoms with van der Waals surface area (Å²) in [6.45, 7) is -0.167. The number of halogens is 4. The van der Waals surface area contributed by atoms with E-state index in [0.717, 1.165) is 23.9 Å². The molecule has 0 radical (unpaired) electrons. The van der Waals surface area contributed by atoms with Crippen molar-refractivity contribution in [3.63, 3.8) is 0 Å². The van der Waals surface area contributed by atoms with Crippen molar-refractivity contribution in [3.05, 3.63) is 34.3 Å². The Bertz CT molecular complexity index is 412. The van der Waals surface area contributed by atoms with Gasteiger partial charge in [0.1, 0.15) is 6.61 Å². The molecule has 1 aromatic rings. The van der Waals surface area contributed by atoms with E-state index in [1.54, 1.807) is 0 Å². The fraction of sp³-hybridized carbons (Fsp3) is 0.600. The molecule has 0 amide bonds. The lowest BCUT2D eigenvalue weighted by molar-refractivity contribution is -0.174. The molecule has 0 bridgehead atoms. The number of rotatable bonds is 9. The van der Waals surface area contributed by atoms with E-state index in [9.17, 15) is 13.2 Å². The van der Waals surface area contributed by atoms with Gasteiger partial charge in [-0.15, -0.1) is 0 Å². The Morgan fingerprint density at radius 1 is 1.33 bits per heavy atom. The minimum Gasteiger partial charge on any atom is -0.372 e. The second-order valence-corrected chi connectivity index (χ2v) is 5.98. The molecule has 120 valence electrons. The predicted molar refractivity (Wildman–Crippen MR) is 81.4 cm³/mol. The van der Waals surface area contributed by atoms with Gasteiger partial charge in [-0.1, -0.05) is 28.1 Å². The Balaban J connectivity index is 2.33. The smallest absolute Gasteiger partial charge is 0.372 e. The Kier molecular flexibility index (Phi) is 8.29. The maximum Gasteiger partial charge on any atom is 0.411 e. The first kappa shape index (κ1) is 18.5. The molecule has 0 spiro atoms. The molecule has 1 atom stereocenters. The molecule has 0 aliphatic rings. The van der Waals surface area contributed by atoms with Gasteiger partial charge in [0.15, 0.2) is 0 Å². The topological polar surface area (TPSA) is 21.3 Å². The molecule has 1 N–H and O–H groups in total. The molecule has 6 heteroatoms. The van der Waals surface area contributed by atoms with Gasteiger partial charge >= 0.3 is 6.18 Å². The average molecular weight is 368 g/mol. The van der Waals surface area contributed by atoms with Crippen LogP contribution in [0.1, 0.15) is 18.4 Å². The van der Waals surface area contributed by atoms with Crippen LogP contribution in [0.25, 0.3) is 0 Å². The van der Waals surface area contributed by atoms with Crippen molar-refractivity contribution < 1.29 is 17.9 Å². The monoisotopic (exact) mass is 367 g/mol.